The first-order valence-corrected chi connectivity index (χ1v) is 11.4. The van der Waals surface area contributed by atoms with Crippen LogP contribution in [-0.2, 0) is 4.79 Å². The van der Waals surface area contributed by atoms with Crippen LogP contribution in [0.4, 0.5) is 4.79 Å². The highest BCUT2D eigenvalue weighted by Crippen LogP contribution is 2.34. The number of hydrogen-bond donors (Lipinski definition) is 0. The Morgan fingerprint density at radius 1 is 1.03 bits per heavy atom. The second kappa shape index (κ2) is 10.2. The molecular formula is C23H24BrNO4S. The summed E-state index contributed by atoms with van der Waals surface area (Å²) in [6, 6.07) is 11.6. The summed E-state index contributed by atoms with van der Waals surface area (Å²) in [5.74, 6) is 1.23. The van der Waals surface area contributed by atoms with Crippen molar-refractivity contribution in [3.63, 3.8) is 0 Å². The third-order valence-corrected chi connectivity index (χ3v) is 6.03. The molecule has 158 valence electrons. The van der Waals surface area contributed by atoms with E-state index < -0.39 is 0 Å². The van der Waals surface area contributed by atoms with Crippen LogP contribution in [0, 0.1) is 13.8 Å². The molecule has 0 aliphatic carbocycles. The molecule has 0 spiro atoms. The van der Waals surface area contributed by atoms with Crippen molar-refractivity contribution in [1.29, 1.82) is 0 Å². The average molecular weight is 490 g/mol. The highest BCUT2D eigenvalue weighted by atomic mass is 79.9. The van der Waals surface area contributed by atoms with Crippen LogP contribution in [0.1, 0.15) is 30.0 Å². The standard InChI is InChI=1S/C23H24BrNO4S/c1-4-10-28-19-8-7-17(13-18(19)24)14-21-22(26)25(23(27)30-21)9-11-29-20-12-15(2)5-6-16(20)3/h5-8,12-14H,4,9-11H2,1-3H3/b21-14-. The van der Waals surface area contributed by atoms with Gasteiger partial charge in [-0.15, -0.1) is 0 Å². The number of nitrogens with zero attached hydrogens (tertiary/aromatic N) is 1. The Bertz CT molecular complexity index is 989. The molecule has 5 nitrogen and oxygen atoms in total. The fraction of sp³-hybridized carbons (Fsp3) is 0.304. The molecule has 0 atom stereocenters. The molecule has 7 heteroatoms. The van der Waals surface area contributed by atoms with E-state index in [1.807, 2.05) is 57.2 Å². The molecule has 0 N–H and O–H groups in total. The molecule has 3 rings (SSSR count). The van der Waals surface area contributed by atoms with Crippen molar-refractivity contribution in [2.75, 3.05) is 19.8 Å². The number of thioether (sulfide) groups is 1. The fourth-order valence-corrected chi connectivity index (χ4v) is 4.27. The predicted octanol–water partition coefficient (Wildman–Crippen LogP) is 5.97. The molecule has 0 bridgehead atoms. The van der Waals surface area contributed by atoms with Crippen LogP contribution < -0.4 is 9.47 Å². The van der Waals surface area contributed by atoms with Crippen LogP contribution in [-0.4, -0.2) is 35.8 Å². The van der Waals surface area contributed by atoms with Crippen molar-refractivity contribution in [1.82, 2.24) is 4.90 Å². The predicted molar refractivity (Wildman–Crippen MR) is 124 cm³/mol. The molecule has 0 saturated carbocycles. The molecule has 1 heterocycles. The highest BCUT2D eigenvalue weighted by molar-refractivity contribution is 9.10. The van der Waals surface area contributed by atoms with Gasteiger partial charge in [0.05, 0.1) is 22.5 Å². The number of carbonyl (C=O) groups is 2. The van der Waals surface area contributed by atoms with Crippen molar-refractivity contribution in [3.05, 3.63) is 62.5 Å². The molecule has 2 aromatic carbocycles. The van der Waals surface area contributed by atoms with Gasteiger partial charge in [-0.3, -0.25) is 14.5 Å². The van der Waals surface area contributed by atoms with Crippen molar-refractivity contribution in [2.24, 2.45) is 0 Å². The summed E-state index contributed by atoms with van der Waals surface area (Å²) in [5, 5.41) is -0.280. The maximum absolute atomic E-state index is 12.7. The number of ether oxygens (including phenoxy) is 2. The summed E-state index contributed by atoms with van der Waals surface area (Å²) in [5.41, 5.74) is 2.94. The minimum Gasteiger partial charge on any atom is -0.492 e. The number of benzene rings is 2. The van der Waals surface area contributed by atoms with Crippen molar-refractivity contribution >= 4 is 44.9 Å². The van der Waals surface area contributed by atoms with E-state index in [0.717, 1.165) is 50.8 Å². The molecule has 1 aliphatic heterocycles. The Labute approximate surface area is 189 Å². The summed E-state index contributed by atoms with van der Waals surface area (Å²) < 4.78 is 12.3. The van der Waals surface area contributed by atoms with Gasteiger partial charge in [-0.25, -0.2) is 0 Å². The number of hydrogen-bond acceptors (Lipinski definition) is 5. The Morgan fingerprint density at radius 2 is 1.80 bits per heavy atom. The van der Waals surface area contributed by atoms with E-state index >= 15 is 0 Å². The lowest BCUT2D eigenvalue weighted by atomic mass is 10.1. The number of rotatable bonds is 8. The second-order valence-corrected chi connectivity index (χ2v) is 8.84. The molecule has 30 heavy (non-hydrogen) atoms. The van der Waals surface area contributed by atoms with Gasteiger partial charge in [-0.05, 0) is 88.9 Å². The van der Waals surface area contributed by atoms with E-state index in [4.69, 9.17) is 9.47 Å². The summed E-state index contributed by atoms with van der Waals surface area (Å²) in [7, 11) is 0. The van der Waals surface area contributed by atoms with E-state index in [0.29, 0.717) is 11.5 Å². The van der Waals surface area contributed by atoms with E-state index in [1.54, 1.807) is 6.08 Å². The van der Waals surface area contributed by atoms with Gasteiger partial charge in [0, 0.05) is 0 Å². The summed E-state index contributed by atoms with van der Waals surface area (Å²) >= 11 is 4.44. The monoisotopic (exact) mass is 489 g/mol. The van der Waals surface area contributed by atoms with Crippen LogP contribution in [0.3, 0.4) is 0 Å². The smallest absolute Gasteiger partial charge is 0.293 e. The zero-order valence-electron chi connectivity index (χ0n) is 17.2. The number of carbonyl (C=O) groups excluding carboxylic acids is 2. The molecule has 0 unspecified atom stereocenters. The van der Waals surface area contributed by atoms with Crippen LogP contribution in [0.5, 0.6) is 11.5 Å². The molecular weight excluding hydrogens is 466 g/mol. The van der Waals surface area contributed by atoms with Crippen molar-refractivity contribution < 1.29 is 19.1 Å². The van der Waals surface area contributed by atoms with Gasteiger partial charge in [0.25, 0.3) is 11.1 Å². The van der Waals surface area contributed by atoms with Gasteiger partial charge in [-0.2, -0.15) is 0 Å². The second-order valence-electron chi connectivity index (χ2n) is 6.99. The minimum absolute atomic E-state index is 0.211. The topological polar surface area (TPSA) is 55.8 Å². The number of aryl methyl sites for hydroxylation is 2. The first-order valence-electron chi connectivity index (χ1n) is 9.77. The molecule has 1 saturated heterocycles. The number of imide groups is 1. The lowest BCUT2D eigenvalue weighted by molar-refractivity contribution is -0.123. The quantitative estimate of drug-likeness (QED) is 0.427. The largest absolute Gasteiger partial charge is 0.492 e. The Morgan fingerprint density at radius 3 is 2.53 bits per heavy atom. The van der Waals surface area contributed by atoms with Crippen molar-refractivity contribution in [2.45, 2.75) is 27.2 Å². The van der Waals surface area contributed by atoms with Crippen LogP contribution >= 0.6 is 27.7 Å². The third-order valence-electron chi connectivity index (χ3n) is 4.51. The maximum Gasteiger partial charge on any atom is 0.293 e. The maximum atomic E-state index is 12.7. The molecule has 2 aromatic rings. The zero-order chi connectivity index (χ0) is 21.7. The van der Waals surface area contributed by atoms with E-state index in [-0.39, 0.29) is 24.3 Å². The third kappa shape index (κ3) is 5.46. The number of halogens is 1. The Hall–Kier alpha value is -2.25. The zero-order valence-corrected chi connectivity index (χ0v) is 19.6. The molecule has 0 aromatic heterocycles. The fourth-order valence-electron chi connectivity index (χ4n) is 2.89. The van der Waals surface area contributed by atoms with E-state index in [9.17, 15) is 9.59 Å². The molecule has 0 radical (unpaired) electrons. The Kier molecular flexibility index (Phi) is 7.61. The summed E-state index contributed by atoms with van der Waals surface area (Å²) in [6.07, 6.45) is 2.65. The minimum atomic E-state index is -0.294. The van der Waals surface area contributed by atoms with Gasteiger partial charge < -0.3 is 9.47 Å². The first kappa shape index (κ1) is 22.4. The lowest BCUT2D eigenvalue weighted by Crippen LogP contribution is -2.32. The van der Waals surface area contributed by atoms with E-state index in [1.165, 1.54) is 4.90 Å². The van der Waals surface area contributed by atoms with Gasteiger partial charge in [-0.1, -0.05) is 25.1 Å². The van der Waals surface area contributed by atoms with Crippen LogP contribution in [0.15, 0.2) is 45.8 Å². The summed E-state index contributed by atoms with van der Waals surface area (Å²) in [6.45, 7) is 7.11. The van der Waals surface area contributed by atoms with Gasteiger partial charge in [0.2, 0.25) is 0 Å². The first-order chi connectivity index (χ1) is 14.4. The van der Waals surface area contributed by atoms with Crippen LogP contribution in [0.25, 0.3) is 6.08 Å². The van der Waals surface area contributed by atoms with Gasteiger partial charge in [0.15, 0.2) is 0 Å². The SMILES string of the molecule is CCCOc1ccc(/C=C2\SC(=O)N(CCOc3cc(C)ccc3C)C2=O)cc1Br. The number of amides is 2. The van der Waals surface area contributed by atoms with Crippen LogP contribution in [0.2, 0.25) is 0 Å². The molecule has 1 aliphatic rings. The normalized spacial score (nSPS) is 15.2. The Balaban J connectivity index is 1.64. The average Bonchev–Trinajstić information content (AvgIpc) is 2.97. The van der Waals surface area contributed by atoms with Crippen molar-refractivity contribution in [3.8, 4) is 11.5 Å². The summed E-state index contributed by atoms with van der Waals surface area (Å²) in [4.78, 5) is 26.7. The molecule has 1 fully saturated rings. The van der Waals surface area contributed by atoms with Gasteiger partial charge >= 0.3 is 0 Å². The lowest BCUT2D eigenvalue weighted by Gasteiger charge is -2.14. The van der Waals surface area contributed by atoms with E-state index in [2.05, 4.69) is 15.9 Å². The molecule has 2 amide bonds. The van der Waals surface area contributed by atoms with Gasteiger partial charge in [0.1, 0.15) is 18.1 Å². The highest BCUT2D eigenvalue weighted by Gasteiger charge is 2.34.